The quantitative estimate of drug-likeness (QED) is 0.734. The number of nitrogens with zero attached hydrogens (tertiary/aromatic N) is 2. The Kier molecular flexibility index (Phi) is 3.92. The number of anilines is 2. The van der Waals surface area contributed by atoms with Crippen LogP contribution in [0.4, 0.5) is 11.5 Å². The van der Waals surface area contributed by atoms with Gasteiger partial charge in [-0.25, -0.2) is 4.98 Å². The molecule has 98 valence electrons. The summed E-state index contributed by atoms with van der Waals surface area (Å²) in [6.07, 6.45) is 4.30. The Labute approximate surface area is 110 Å². The van der Waals surface area contributed by atoms with Gasteiger partial charge in [0.25, 0.3) is 5.91 Å². The van der Waals surface area contributed by atoms with Crippen LogP contribution < -0.4 is 16.8 Å². The molecule has 2 aromatic rings. The molecule has 0 saturated carbocycles. The number of carbonyl (C=O) groups is 1. The van der Waals surface area contributed by atoms with Crippen molar-refractivity contribution in [2.24, 2.45) is 5.73 Å². The highest BCUT2D eigenvalue weighted by molar-refractivity contribution is 5.91. The van der Waals surface area contributed by atoms with Gasteiger partial charge in [-0.3, -0.25) is 9.78 Å². The monoisotopic (exact) mass is 257 g/mol. The number of nitrogens with two attached hydrogens (primary N) is 2. The van der Waals surface area contributed by atoms with Crippen molar-refractivity contribution >= 4 is 17.4 Å². The molecule has 0 aliphatic rings. The lowest BCUT2D eigenvalue weighted by Crippen LogP contribution is -2.16. The van der Waals surface area contributed by atoms with E-state index in [2.05, 4.69) is 15.3 Å². The summed E-state index contributed by atoms with van der Waals surface area (Å²) in [6.45, 7) is 0.656. The molecule has 0 unspecified atom stereocenters. The molecule has 0 aromatic carbocycles. The number of rotatable bonds is 5. The number of aromatic nitrogens is 2. The molecule has 6 nitrogen and oxygen atoms in total. The number of nitrogens with one attached hydrogen (secondary N) is 1. The lowest BCUT2D eigenvalue weighted by atomic mass is 10.2. The van der Waals surface area contributed by atoms with Crippen molar-refractivity contribution < 1.29 is 4.79 Å². The summed E-state index contributed by atoms with van der Waals surface area (Å²) >= 11 is 0. The van der Waals surface area contributed by atoms with Crippen molar-refractivity contribution in [2.45, 2.75) is 6.42 Å². The van der Waals surface area contributed by atoms with E-state index in [1.165, 1.54) is 6.07 Å². The molecule has 0 fully saturated rings. The molecule has 19 heavy (non-hydrogen) atoms. The van der Waals surface area contributed by atoms with Crippen molar-refractivity contribution in [3.05, 3.63) is 47.9 Å². The molecule has 0 aliphatic carbocycles. The van der Waals surface area contributed by atoms with Crippen molar-refractivity contribution in [1.29, 1.82) is 0 Å². The molecular weight excluding hydrogens is 242 g/mol. The van der Waals surface area contributed by atoms with Crippen LogP contribution in [-0.2, 0) is 6.42 Å². The fourth-order valence-electron chi connectivity index (χ4n) is 1.62. The highest BCUT2D eigenvalue weighted by Crippen LogP contribution is 2.15. The lowest BCUT2D eigenvalue weighted by molar-refractivity contribution is 0.0996. The molecule has 6 heteroatoms. The molecule has 1 amide bonds. The van der Waals surface area contributed by atoms with Crippen LogP contribution in [0.3, 0.4) is 0 Å². The largest absolute Gasteiger partial charge is 0.396 e. The van der Waals surface area contributed by atoms with Crippen LogP contribution >= 0.6 is 0 Å². The van der Waals surface area contributed by atoms with Gasteiger partial charge in [-0.1, -0.05) is 0 Å². The van der Waals surface area contributed by atoms with E-state index in [1.54, 1.807) is 18.5 Å². The van der Waals surface area contributed by atoms with E-state index >= 15 is 0 Å². The number of nitrogen functional groups attached to an aromatic ring is 1. The van der Waals surface area contributed by atoms with Crippen LogP contribution in [0.2, 0.25) is 0 Å². The predicted molar refractivity (Wildman–Crippen MR) is 73.6 cm³/mol. The van der Waals surface area contributed by atoms with Crippen LogP contribution in [0.5, 0.6) is 0 Å². The SMILES string of the molecule is NC(=O)c1ccc(N)c(NCCc2ccncc2)n1. The third-order valence-electron chi connectivity index (χ3n) is 2.63. The Morgan fingerprint density at radius 3 is 2.63 bits per heavy atom. The first-order valence-corrected chi connectivity index (χ1v) is 5.86. The second-order valence-corrected chi connectivity index (χ2v) is 4.03. The highest BCUT2D eigenvalue weighted by atomic mass is 16.1. The van der Waals surface area contributed by atoms with Gasteiger partial charge in [0.1, 0.15) is 11.5 Å². The summed E-state index contributed by atoms with van der Waals surface area (Å²) in [5.41, 5.74) is 12.8. The minimum Gasteiger partial charge on any atom is -0.396 e. The Morgan fingerprint density at radius 1 is 1.21 bits per heavy atom. The minimum absolute atomic E-state index is 0.195. The maximum Gasteiger partial charge on any atom is 0.267 e. The number of primary amides is 1. The van der Waals surface area contributed by atoms with Crippen LogP contribution in [0.1, 0.15) is 16.1 Å². The third-order valence-corrected chi connectivity index (χ3v) is 2.63. The molecule has 5 N–H and O–H groups in total. The summed E-state index contributed by atoms with van der Waals surface area (Å²) in [7, 11) is 0. The summed E-state index contributed by atoms with van der Waals surface area (Å²) in [5, 5.41) is 3.09. The molecule has 2 aromatic heterocycles. The van der Waals surface area contributed by atoms with Crippen LogP contribution in [-0.4, -0.2) is 22.4 Å². The fraction of sp³-hybridized carbons (Fsp3) is 0.154. The lowest BCUT2D eigenvalue weighted by Gasteiger charge is -2.09. The van der Waals surface area contributed by atoms with Gasteiger partial charge in [0, 0.05) is 18.9 Å². The van der Waals surface area contributed by atoms with Gasteiger partial charge >= 0.3 is 0 Å². The predicted octanol–water partition coefficient (Wildman–Crippen LogP) is 0.812. The van der Waals surface area contributed by atoms with E-state index in [0.717, 1.165) is 12.0 Å². The standard InChI is InChI=1S/C13H15N5O/c14-10-1-2-11(12(15)19)18-13(10)17-8-5-9-3-6-16-7-4-9/h1-4,6-7H,5,8,14H2,(H2,15,19)(H,17,18). The van der Waals surface area contributed by atoms with E-state index in [4.69, 9.17) is 11.5 Å². The van der Waals surface area contributed by atoms with Crippen molar-refractivity contribution in [3.63, 3.8) is 0 Å². The molecule has 0 aliphatic heterocycles. The fourth-order valence-corrected chi connectivity index (χ4v) is 1.62. The molecule has 0 spiro atoms. The Bertz CT molecular complexity index is 571. The van der Waals surface area contributed by atoms with E-state index in [9.17, 15) is 4.79 Å². The topological polar surface area (TPSA) is 107 Å². The zero-order valence-electron chi connectivity index (χ0n) is 10.3. The zero-order chi connectivity index (χ0) is 13.7. The van der Waals surface area contributed by atoms with Gasteiger partial charge in [0.05, 0.1) is 5.69 Å². The first-order chi connectivity index (χ1) is 9.16. The number of carbonyl (C=O) groups excluding carboxylic acids is 1. The molecule has 2 heterocycles. The maximum absolute atomic E-state index is 11.0. The van der Waals surface area contributed by atoms with Crippen LogP contribution in [0, 0.1) is 0 Å². The highest BCUT2D eigenvalue weighted by Gasteiger charge is 2.06. The second-order valence-electron chi connectivity index (χ2n) is 4.03. The zero-order valence-corrected chi connectivity index (χ0v) is 10.3. The molecule has 2 rings (SSSR count). The van der Waals surface area contributed by atoms with Gasteiger partial charge in [-0.15, -0.1) is 0 Å². The van der Waals surface area contributed by atoms with Crippen molar-refractivity contribution in [1.82, 2.24) is 9.97 Å². The van der Waals surface area contributed by atoms with Gasteiger partial charge in [-0.05, 0) is 36.2 Å². The number of pyridine rings is 2. The summed E-state index contributed by atoms with van der Waals surface area (Å²) in [5.74, 6) is -0.0949. The van der Waals surface area contributed by atoms with Crippen molar-refractivity contribution in [2.75, 3.05) is 17.6 Å². The summed E-state index contributed by atoms with van der Waals surface area (Å²) in [4.78, 5) is 19.1. The second kappa shape index (κ2) is 5.81. The number of hydrogen-bond acceptors (Lipinski definition) is 5. The minimum atomic E-state index is -0.572. The van der Waals surface area contributed by atoms with Crippen LogP contribution in [0.25, 0.3) is 0 Å². The Balaban J connectivity index is 1.99. The smallest absolute Gasteiger partial charge is 0.267 e. The van der Waals surface area contributed by atoms with Gasteiger partial charge in [-0.2, -0.15) is 0 Å². The number of hydrogen-bond donors (Lipinski definition) is 3. The van der Waals surface area contributed by atoms with E-state index < -0.39 is 5.91 Å². The first-order valence-electron chi connectivity index (χ1n) is 5.86. The molecule has 0 radical (unpaired) electrons. The average Bonchev–Trinajstić information content (AvgIpc) is 2.42. The third kappa shape index (κ3) is 3.41. The maximum atomic E-state index is 11.0. The Hall–Kier alpha value is -2.63. The van der Waals surface area contributed by atoms with Crippen LogP contribution in [0.15, 0.2) is 36.7 Å². The molecule has 0 saturated heterocycles. The van der Waals surface area contributed by atoms with E-state index in [0.29, 0.717) is 18.1 Å². The van der Waals surface area contributed by atoms with Gasteiger partial charge in [0.2, 0.25) is 0 Å². The first kappa shape index (κ1) is 12.8. The van der Waals surface area contributed by atoms with E-state index in [-0.39, 0.29) is 5.69 Å². The summed E-state index contributed by atoms with van der Waals surface area (Å²) < 4.78 is 0. The molecule has 0 bridgehead atoms. The van der Waals surface area contributed by atoms with Gasteiger partial charge in [0.15, 0.2) is 0 Å². The summed E-state index contributed by atoms with van der Waals surface area (Å²) in [6, 6.07) is 7.00. The van der Waals surface area contributed by atoms with Crippen molar-refractivity contribution in [3.8, 4) is 0 Å². The molecule has 0 atom stereocenters. The molecular formula is C13H15N5O. The average molecular weight is 257 g/mol. The normalized spacial score (nSPS) is 10.1. The van der Waals surface area contributed by atoms with Gasteiger partial charge < -0.3 is 16.8 Å². The van der Waals surface area contributed by atoms with E-state index in [1.807, 2.05) is 12.1 Å². The Morgan fingerprint density at radius 2 is 1.95 bits per heavy atom. The number of amides is 1.